The Balaban J connectivity index is 2.35. The number of alkyl halides is 11. The standard InChI is InChI=1S/C22H16F11NO/c23-18(24,19(25,26)20(27,28)21(29,30)22(31,32)33)17(35)11-12-34(13-15-7-3-1-4-8-15)14-16-9-5-2-6-10-16/h1-12H,13-14H2/b12-11+. The summed E-state index contributed by atoms with van der Waals surface area (Å²) in [7, 11) is 0. The molecular weight excluding hydrogens is 503 g/mol. The lowest BCUT2D eigenvalue weighted by atomic mass is 9.95. The second-order valence-electron chi connectivity index (χ2n) is 7.35. The number of carbonyl (C=O) groups is 1. The molecule has 0 aliphatic carbocycles. The summed E-state index contributed by atoms with van der Waals surface area (Å²) in [6.45, 7) is -0.187. The van der Waals surface area contributed by atoms with Crippen LogP contribution in [0.1, 0.15) is 11.1 Å². The van der Waals surface area contributed by atoms with Gasteiger partial charge in [0.1, 0.15) is 0 Å². The fourth-order valence-corrected chi connectivity index (χ4v) is 2.80. The van der Waals surface area contributed by atoms with Crippen LogP contribution < -0.4 is 0 Å². The van der Waals surface area contributed by atoms with Crippen LogP contribution in [0.25, 0.3) is 0 Å². The summed E-state index contributed by atoms with van der Waals surface area (Å²) in [5.41, 5.74) is 1.10. The highest BCUT2D eigenvalue weighted by Crippen LogP contribution is 2.57. The Bertz CT molecular complexity index is 977. The van der Waals surface area contributed by atoms with Gasteiger partial charge in [-0.25, -0.2) is 0 Å². The van der Waals surface area contributed by atoms with E-state index < -0.39 is 35.6 Å². The molecule has 0 aromatic heterocycles. The largest absolute Gasteiger partial charge is 0.460 e. The van der Waals surface area contributed by atoms with Gasteiger partial charge in [-0.2, -0.15) is 48.3 Å². The topological polar surface area (TPSA) is 20.3 Å². The summed E-state index contributed by atoms with van der Waals surface area (Å²) in [6.07, 6.45) is -7.04. The quantitative estimate of drug-likeness (QED) is 0.252. The van der Waals surface area contributed by atoms with Gasteiger partial charge >= 0.3 is 29.9 Å². The Morgan fingerprint density at radius 3 is 1.40 bits per heavy atom. The van der Waals surface area contributed by atoms with Gasteiger partial charge in [0.15, 0.2) is 0 Å². The monoisotopic (exact) mass is 519 g/mol. The smallest absolute Gasteiger partial charge is 0.369 e. The minimum Gasteiger partial charge on any atom is -0.369 e. The number of nitrogens with zero attached hydrogens (tertiary/aromatic N) is 1. The highest BCUT2D eigenvalue weighted by molar-refractivity contribution is 5.96. The zero-order chi connectivity index (χ0) is 26.7. The number of rotatable bonds is 10. The second-order valence-corrected chi connectivity index (χ2v) is 7.35. The van der Waals surface area contributed by atoms with Crippen LogP contribution in [0, 0.1) is 0 Å². The predicted molar refractivity (Wildman–Crippen MR) is 102 cm³/mol. The van der Waals surface area contributed by atoms with Gasteiger partial charge in [-0.1, -0.05) is 60.7 Å². The number of carbonyl (C=O) groups excluding carboxylic acids is 1. The Kier molecular flexibility index (Phi) is 7.92. The zero-order valence-corrected chi connectivity index (χ0v) is 17.4. The average Bonchev–Trinajstić information content (AvgIpc) is 2.77. The Hall–Kier alpha value is -3.12. The molecule has 13 heteroatoms. The lowest BCUT2D eigenvalue weighted by Gasteiger charge is -2.36. The van der Waals surface area contributed by atoms with E-state index in [1.165, 1.54) is 0 Å². The number of allylic oxidation sites excluding steroid dienone is 1. The number of benzene rings is 2. The second kappa shape index (κ2) is 9.86. The first-order valence-electron chi connectivity index (χ1n) is 9.57. The molecule has 192 valence electrons. The fraction of sp³-hybridized carbons (Fsp3) is 0.318. The van der Waals surface area contributed by atoms with E-state index in [0.717, 1.165) is 4.90 Å². The van der Waals surface area contributed by atoms with E-state index in [4.69, 9.17) is 0 Å². The molecule has 0 heterocycles. The average molecular weight is 519 g/mol. The summed E-state index contributed by atoms with van der Waals surface area (Å²) in [4.78, 5) is 12.9. The van der Waals surface area contributed by atoms with E-state index in [2.05, 4.69) is 0 Å². The zero-order valence-electron chi connectivity index (χ0n) is 17.4. The maximum Gasteiger partial charge on any atom is 0.460 e. The molecule has 0 radical (unpaired) electrons. The van der Waals surface area contributed by atoms with E-state index in [1.54, 1.807) is 60.7 Å². The predicted octanol–water partition coefficient (Wildman–Crippen LogP) is 6.88. The van der Waals surface area contributed by atoms with Crippen molar-refractivity contribution in [1.82, 2.24) is 4.90 Å². The molecule has 0 aliphatic rings. The van der Waals surface area contributed by atoms with Crippen molar-refractivity contribution in [1.29, 1.82) is 0 Å². The summed E-state index contributed by atoms with van der Waals surface area (Å²) in [5.74, 6) is -32.3. The van der Waals surface area contributed by atoms with Gasteiger partial charge in [-0.3, -0.25) is 4.79 Å². The molecule has 0 spiro atoms. The van der Waals surface area contributed by atoms with Crippen molar-refractivity contribution >= 4 is 5.78 Å². The van der Waals surface area contributed by atoms with Gasteiger partial charge in [-0.15, -0.1) is 0 Å². The molecule has 0 fully saturated rings. The molecule has 2 aromatic rings. The first kappa shape index (κ1) is 28.1. The fourth-order valence-electron chi connectivity index (χ4n) is 2.80. The minimum atomic E-state index is -7.64. The van der Waals surface area contributed by atoms with Crippen LogP contribution in [0.5, 0.6) is 0 Å². The first-order chi connectivity index (χ1) is 15.9. The van der Waals surface area contributed by atoms with Gasteiger partial charge in [0.2, 0.25) is 5.78 Å². The molecule has 0 bridgehead atoms. The lowest BCUT2D eigenvalue weighted by molar-refractivity contribution is -0.416. The van der Waals surface area contributed by atoms with Crippen molar-refractivity contribution < 1.29 is 53.1 Å². The van der Waals surface area contributed by atoms with Gasteiger partial charge in [0, 0.05) is 25.4 Å². The molecular formula is C22H16F11NO. The van der Waals surface area contributed by atoms with Crippen molar-refractivity contribution in [2.45, 2.75) is 43.0 Å². The molecule has 2 rings (SSSR count). The Labute approximate surface area is 191 Å². The highest BCUT2D eigenvalue weighted by atomic mass is 19.4. The molecule has 2 aromatic carbocycles. The normalized spacial score (nSPS) is 13.8. The van der Waals surface area contributed by atoms with E-state index in [9.17, 15) is 53.1 Å². The third kappa shape index (κ3) is 5.59. The lowest BCUT2D eigenvalue weighted by Crippen LogP contribution is -2.67. The van der Waals surface area contributed by atoms with Crippen molar-refractivity contribution in [3.05, 3.63) is 84.1 Å². The molecule has 0 amide bonds. The highest BCUT2D eigenvalue weighted by Gasteiger charge is 2.88. The van der Waals surface area contributed by atoms with Crippen LogP contribution in [0.3, 0.4) is 0 Å². The molecule has 0 saturated heterocycles. The summed E-state index contributed by atoms with van der Waals surface area (Å²) in [5, 5.41) is 0. The Morgan fingerprint density at radius 2 is 1.03 bits per heavy atom. The Morgan fingerprint density at radius 1 is 0.629 bits per heavy atom. The SMILES string of the molecule is O=C(/C=C/N(Cc1ccccc1)Cc1ccccc1)C(F)(F)C(F)(F)C(F)(F)C(F)(F)C(F)(F)F. The third-order valence-corrected chi connectivity index (χ3v) is 4.74. The van der Waals surface area contributed by atoms with E-state index in [0.29, 0.717) is 17.3 Å². The van der Waals surface area contributed by atoms with Gasteiger partial charge in [0.25, 0.3) is 0 Å². The van der Waals surface area contributed by atoms with Crippen LogP contribution in [-0.4, -0.2) is 40.5 Å². The molecule has 35 heavy (non-hydrogen) atoms. The molecule has 2 nitrogen and oxygen atoms in total. The molecule has 0 atom stereocenters. The van der Waals surface area contributed by atoms with E-state index in [1.807, 2.05) is 0 Å². The van der Waals surface area contributed by atoms with Gasteiger partial charge < -0.3 is 4.90 Å². The third-order valence-electron chi connectivity index (χ3n) is 4.74. The maximum absolute atomic E-state index is 14.0. The maximum atomic E-state index is 14.0. The first-order valence-corrected chi connectivity index (χ1v) is 9.57. The van der Waals surface area contributed by atoms with Crippen molar-refractivity contribution in [2.75, 3.05) is 0 Å². The molecule has 0 N–H and O–H groups in total. The van der Waals surface area contributed by atoms with Gasteiger partial charge in [0.05, 0.1) is 0 Å². The van der Waals surface area contributed by atoms with Crippen molar-refractivity contribution in [2.24, 2.45) is 0 Å². The number of halogens is 11. The van der Waals surface area contributed by atoms with Crippen LogP contribution in [0.15, 0.2) is 72.9 Å². The van der Waals surface area contributed by atoms with Crippen LogP contribution in [0.4, 0.5) is 48.3 Å². The van der Waals surface area contributed by atoms with E-state index in [-0.39, 0.29) is 19.2 Å². The summed E-state index contributed by atoms with van der Waals surface area (Å²) >= 11 is 0. The van der Waals surface area contributed by atoms with Crippen LogP contribution in [-0.2, 0) is 17.9 Å². The molecule has 0 unspecified atom stereocenters. The number of ketones is 1. The van der Waals surface area contributed by atoms with Gasteiger partial charge in [-0.05, 0) is 11.1 Å². The summed E-state index contributed by atoms with van der Waals surface area (Å²) in [6, 6.07) is 16.0. The number of hydrogen-bond donors (Lipinski definition) is 0. The minimum absolute atomic E-state index is 0.0935. The number of hydrogen-bond acceptors (Lipinski definition) is 2. The summed E-state index contributed by atoms with van der Waals surface area (Å²) < 4.78 is 145. The van der Waals surface area contributed by atoms with Crippen LogP contribution >= 0.6 is 0 Å². The van der Waals surface area contributed by atoms with Crippen molar-refractivity contribution in [3.8, 4) is 0 Å². The molecule has 0 saturated carbocycles. The van der Waals surface area contributed by atoms with Crippen molar-refractivity contribution in [3.63, 3.8) is 0 Å². The van der Waals surface area contributed by atoms with E-state index >= 15 is 0 Å². The van der Waals surface area contributed by atoms with Crippen LogP contribution in [0.2, 0.25) is 0 Å². The molecule has 0 aliphatic heterocycles.